The molecular weight excluding hydrogens is 388 g/mol. The highest BCUT2D eigenvalue weighted by Gasteiger charge is 2.17. The molecule has 0 aliphatic carbocycles. The van der Waals surface area contributed by atoms with Gasteiger partial charge in [-0.15, -0.1) is 0 Å². The summed E-state index contributed by atoms with van der Waals surface area (Å²) in [5.41, 5.74) is 2.74. The molecule has 0 radical (unpaired) electrons. The minimum atomic E-state index is -0.458. The number of carbonyl (C=O) groups is 1. The maximum absolute atomic E-state index is 13.0. The molecule has 0 saturated carbocycles. The van der Waals surface area contributed by atoms with Gasteiger partial charge >= 0.3 is 11.6 Å². The smallest absolute Gasteiger partial charge is 0.344 e. The SMILES string of the molecule is Cc1c(OC(=O)c2cccc3ccccc23)ccc2c(-c3ccccc3)cc(=O)oc12. The van der Waals surface area contributed by atoms with Crippen molar-refractivity contribution in [1.82, 2.24) is 0 Å². The lowest BCUT2D eigenvalue weighted by molar-refractivity contribution is 0.0736. The van der Waals surface area contributed by atoms with Crippen molar-refractivity contribution in [2.45, 2.75) is 6.92 Å². The molecule has 0 fully saturated rings. The van der Waals surface area contributed by atoms with Crippen LogP contribution in [0.1, 0.15) is 15.9 Å². The van der Waals surface area contributed by atoms with E-state index < -0.39 is 11.6 Å². The van der Waals surface area contributed by atoms with Crippen molar-refractivity contribution in [2.75, 3.05) is 0 Å². The number of ether oxygens (including phenoxy) is 1. The summed E-state index contributed by atoms with van der Waals surface area (Å²) in [6, 6.07) is 27.9. The van der Waals surface area contributed by atoms with Crippen LogP contribution in [0.2, 0.25) is 0 Å². The average molecular weight is 406 g/mol. The second-order valence-electron chi connectivity index (χ2n) is 7.33. The average Bonchev–Trinajstić information content (AvgIpc) is 2.81. The van der Waals surface area contributed by atoms with Gasteiger partial charge < -0.3 is 9.15 Å². The molecule has 0 saturated heterocycles. The fourth-order valence-electron chi connectivity index (χ4n) is 3.87. The number of hydrogen-bond acceptors (Lipinski definition) is 4. The van der Waals surface area contributed by atoms with Crippen molar-refractivity contribution in [2.24, 2.45) is 0 Å². The number of rotatable bonds is 3. The summed E-state index contributed by atoms with van der Waals surface area (Å²) < 4.78 is 11.2. The molecular formula is C27H18O4. The molecule has 0 bridgehead atoms. The van der Waals surface area contributed by atoms with Crippen LogP contribution in [-0.4, -0.2) is 5.97 Å². The summed E-state index contributed by atoms with van der Waals surface area (Å²) in [5, 5.41) is 2.57. The maximum atomic E-state index is 13.0. The fraction of sp³-hybridized carbons (Fsp3) is 0.0370. The van der Waals surface area contributed by atoms with Crippen LogP contribution in [0.3, 0.4) is 0 Å². The lowest BCUT2D eigenvalue weighted by Gasteiger charge is -2.12. The van der Waals surface area contributed by atoms with Gasteiger partial charge in [-0.1, -0.05) is 66.7 Å². The van der Waals surface area contributed by atoms with Gasteiger partial charge in [0, 0.05) is 17.0 Å². The van der Waals surface area contributed by atoms with Gasteiger partial charge in [-0.2, -0.15) is 0 Å². The normalized spacial score (nSPS) is 11.0. The highest BCUT2D eigenvalue weighted by Crippen LogP contribution is 2.33. The minimum absolute atomic E-state index is 0.360. The Balaban J connectivity index is 1.59. The van der Waals surface area contributed by atoms with Crippen molar-refractivity contribution < 1.29 is 13.9 Å². The molecule has 1 heterocycles. The zero-order valence-corrected chi connectivity index (χ0v) is 16.8. The van der Waals surface area contributed by atoms with Crippen LogP contribution in [0.4, 0.5) is 0 Å². The van der Waals surface area contributed by atoms with E-state index in [1.165, 1.54) is 6.07 Å². The lowest BCUT2D eigenvalue weighted by atomic mass is 10.00. The number of carbonyl (C=O) groups excluding carboxylic acids is 1. The van der Waals surface area contributed by atoms with Crippen molar-refractivity contribution in [3.05, 3.63) is 113 Å². The molecule has 0 aliphatic heterocycles. The predicted octanol–water partition coefficient (Wildman–Crippen LogP) is 6.14. The maximum Gasteiger partial charge on any atom is 0.344 e. The first-order chi connectivity index (χ1) is 15.1. The number of hydrogen-bond donors (Lipinski definition) is 0. The Morgan fingerprint density at radius 3 is 2.39 bits per heavy atom. The van der Waals surface area contributed by atoms with Gasteiger partial charge in [0.25, 0.3) is 0 Å². The summed E-state index contributed by atoms with van der Waals surface area (Å²) in [4.78, 5) is 25.2. The topological polar surface area (TPSA) is 56.5 Å². The van der Waals surface area contributed by atoms with E-state index in [-0.39, 0.29) is 0 Å². The Bertz CT molecular complexity index is 1490. The Hall–Kier alpha value is -4.18. The third-order valence-corrected chi connectivity index (χ3v) is 5.41. The number of fused-ring (bicyclic) bond motifs is 2. The minimum Gasteiger partial charge on any atom is -0.422 e. The molecule has 4 aromatic carbocycles. The van der Waals surface area contributed by atoms with Crippen LogP contribution in [0, 0.1) is 6.92 Å². The van der Waals surface area contributed by atoms with E-state index >= 15 is 0 Å². The summed E-state index contributed by atoms with van der Waals surface area (Å²) in [7, 11) is 0. The Morgan fingerprint density at radius 2 is 1.55 bits per heavy atom. The molecule has 150 valence electrons. The molecule has 0 atom stereocenters. The quantitative estimate of drug-likeness (QED) is 0.205. The zero-order chi connectivity index (χ0) is 21.4. The number of aryl methyl sites for hydroxylation is 1. The standard InChI is InChI=1S/C27H18O4/c1-17-24(30-27(29)22-13-7-11-18-10-5-6-12-20(18)22)15-14-21-23(16-25(28)31-26(17)21)19-8-3-2-4-9-19/h2-16H,1H3. The first-order valence-electron chi connectivity index (χ1n) is 9.94. The van der Waals surface area contributed by atoms with E-state index in [2.05, 4.69) is 0 Å². The molecule has 0 unspecified atom stereocenters. The molecule has 5 rings (SSSR count). The van der Waals surface area contributed by atoms with Gasteiger partial charge in [-0.25, -0.2) is 9.59 Å². The lowest BCUT2D eigenvalue weighted by Crippen LogP contribution is -2.10. The van der Waals surface area contributed by atoms with E-state index in [4.69, 9.17) is 9.15 Å². The van der Waals surface area contributed by atoms with Gasteiger partial charge in [-0.05, 0) is 47.0 Å². The summed E-state index contributed by atoms with van der Waals surface area (Å²) in [5.74, 6) is -0.0976. The van der Waals surface area contributed by atoms with E-state index in [9.17, 15) is 9.59 Å². The van der Waals surface area contributed by atoms with Crippen LogP contribution >= 0.6 is 0 Å². The second-order valence-corrected chi connectivity index (χ2v) is 7.33. The molecule has 0 spiro atoms. The van der Waals surface area contributed by atoms with E-state index in [1.807, 2.05) is 72.8 Å². The molecule has 4 heteroatoms. The van der Waals surface area contributed by atoms with Crippen LogP contribution in [0.25, 0.3) is 32.9 Å². The largest absolute Gasteiger partial charge is 0.422 e. The number of esters is 1. The van der Waals surface area contributed by atoms with E-state index in [1.54, 1.807) is 19.1 Å². The van der Waals surface area contributed by atoms with Gasteiger partial charge in [0.1, 0.15) is 11.3 Å². The summed E-state index contributed by atoms with van der Waals surface area (Å²) in [6.07, 6.45) is 0. The van der Waals surface area contributed by atoms with Gasteiger partial charge in [0.2, 0.25) is 0 Å². The van der Waals surface area contributed by atoms with Crippen molar-refractivity contribution in [1.29, 1.82) is 0 Å². The van der Waals surface area contributed by atoms with E-state index in [0.717, 1.165) is 27.3 Å². The molecule has 0 amide bonds. The first-order valence-corrected chi connectivity index (χ1v) is 9.94. The fourth-order valence-corrected chi connectivity index (χ4v) is 3.87. The van der Waals surface area contributed by atoms with Crippen LogP contribution in [-0.2, 0) is 0 Å². The molecule has 0 aliphatic rings. The van der Waals surface area contributed by atoms with Crippen LogP contribution in [0.15, 0.2) is 100 Å². The third-order valence-electron chi connectivity index (χ3n) is 5.41. The Morgan fingerprint density at radius 1 is 0.806 bits per heavy atom. The summed E-state index contributed by atoms with van der Waals surface area (Å²) >= 11 is 0. The van der Waals surface area contributed by atoms with Gasteiger partial charge in [-0.3, -0.25) is 0 Å². The molecule has 0 N–H and O–H groups in total. The molecule has 4 nitrogen and oxygen atoms in total. The zero-order valence-electron chi connectivity index (χ0n) is 16.8. The first kappa shape index (κ1) is 18.8. The number of benzene rings is 4. The van der Waals surface area contributed by atoms with Crippen molar-refractivity contribution >= 4 is 27.7 Å². The second kappa shape index (κ2) is 7.58. The highest BCUT2D eigenvalue weighted by molar-refractivity contribution is 6.05. The van der Waals surface area contributed by atoms with Gasteiger partial charge in [0.15, 0.2) is 0 Å². The molecule has 5 aromatic rings. The van der Waals surface area contributed by atoms with Crippen molar-refractivity contribution in [3.8, 4) is 16.9 Å². The molecule has 1 aromatic heterocycles. The highest BCUT2D eigenvalue weighted by atomic mass is 16.5. The van der Waals surface area contributed by atoms with Gasteiger partial charge in [0.05, 0.1) is 5.56 Å². The monoisotopic (exact) mass is 406 g/mol. The third kappa shape index (κ3) is 3.38. The summed E-state index contributed by atoms with van der Waals surface area (Å²) in [6.45, 7) is 1.78. The molecule has 31 heavy (non-hydrogen) atoms. The van der Waals surface area contributed by atoms with E-state index in [0.29, 0.717) is 22.5 Å². The van der Waals surface area contributed by atoms with Crippen LogP contribution in [0.5, 0.6) is 5.75 Å². The predicted molar refractivity (Wildman–Crippen MR) is 122 cm³/mol. The Kier molecular flexibility index (Phi) is 4.60. The van der Waals surface area contributed by atoms with Crippen LogP contribution < -0.4 is 10.4 Å². The Labute approximate surface area is 178 Å². The van der Waals surface area contributed by atoms with Crippen molar-refractivity contribution in [3.63, 3.8) is 0 Å².